The number of likely N-dealkylation sites (N-methyl/N-ethyl adjacent to an activating group) is 1. The van der Waals surface area contributed by atoms with Crippen LogP contribution in [0, 0.1) is 0 Å². The third-order valence-corrected chi connectivity index (χ3v) is 3.45. The van der Waals surface area contributed by atoms with Gasteiger partial charge in [0.2, 0.25) is 0 Å². The molecule has 0 atom stereocenters. The molecule has 0 amide bonds. The van der Waals surface area contributed by atoms with E-state index in [0.717, 1.165) is 13.1 Å². The monoisotopic (exact) mass is 272 g/mol. The Balaban J connectivity index is 3.09. The lowest BCUT2D eigenvalue weighted by atomic mass is 10.1. The highest BCUT2D eigenvalue weighted by Crippen LogP contribution is 2.10. The van der Waals surface area contributed by atoms with Gasteiger partial charge >= 0.3 is 0 Å². The minimum Gasteiger partial charge on any atom is -0.392 e. The molecule has 18 heavy (non-hydrogen) atoms. The van der Waals surface area contributed by atoms with Gasteiger partial charge in [-0.15, -0.1) is 0 Å². The summed E-state index contributed by atoms with van der Waals surface area (Å²) in [5, 5.41) is 0. The lowest BCUT2D eigenvalue weighted by Gasteiger charge is -2.15. The molecule has 0 spiro atoms. The van der Waals surface area contributed by atoms with Crippen LogP contribution in [-0.2, 0) is 0 Å². The maximum Gasteiger partial charge on any atom is 0.0869 e. The van der Waals surface area contributed by atoms with Crippen molar-refractivity contribution in [2.45, 2.75) is 71.1 Å². The summed E-state index contributed by atoms with van der Waals surface area (Å²) >= 11 is 4.89. The maximum absolute atomic E-state index is 5.50. The van der Waals surface area contributed by atoms with E-state index in [0.29, 0.717) is 4.99 Å². The number of nitrogens with two attached hydrogens (primary N) is 1. The SMILES string of the molecule is CCCCCCCCCCCCN(C)CC(N)=S. The molecule has 0 unspecified atom stereocenters. The molecule has 0 aliphatic rings. The van der Waals surface area contributed by atoms with Gasteiger partial charge in [0, 0.05) is 6.54 Å². The Morgan fingerprint density at radius 3 is 1.78 bits per heavy atom. The highest BCUT2D eigenvalue weighted by atomic mass is 32.1. The van der Waals surface area contributed by atoms with Crippen molar-refractivity contribution in [2.24, 2.45) is 5.73 Å². The third kappa shape index (κ3) is 13.9. The van der Waals surface area contributed by atoms with Crippen molar-refractivity contribution >= 4 is 17.2 Å². The first-order valence-electron chi connectivity index (χ1n) is 7.63. The van der Waals surface area contributed by atoms with Crippen molar-refractivity contribution in [1.29, 1.82) is 0 Å². The summed E-state index contributed by atoms with van der Waals surface area (Å²) in [4.78, 5) is 2.82. The van der Waals surface area contributed by atoms with Crippen LogP contribution in [0.4, 0.5) is 0 Å². The molecule has 0 radical (unpaired) electrons. The van der Waals surface area contributed by atoms with Gasteiger partial charge in [0.15, 0.2) is 0 Å². The molecule has 0 aromatic carbocycles. The van der Waals surface area contributed by atoms with Crippen LogP contribution in [0.2, 0.25) is 0 Å². The fourth-order valence-electron chi connectivity index (χ4n) is 2.21. The number of thiocarbonyl (C=S) groups is 1. The number of rotatable bonds is 13. The van der Waals surface area contributed by atoms with Crippen molar-refractivity contribution in [3.05, 3.63) is 0 Å². The first kappa shape index (κ1) is 17.8. The summed E-state index contributed by atoms with van der Waals surface area (Å²) in [5.74, 6) is 0. The van der Waals surface area contributed by atoms with Gasteiger partial charge in [0.1, 0.15) is 0 Å². The quantitative estimate of drug-likeness (QED) is 0.404. The summed E-state index contributed by atoms with van der Waals surface area (Å²) < 4.78 is 0. The van der Waals surface area contributed by atoms with Gasteiger partial charge in [-0.3, -0.25) is 4.90 Å². The van der Waals surface area contributed by atoms with E-state index < -0.39 is 0 Å². The van der Waals surface area contributed by atoms with Crippen LogP contribution in [0.25, 0.3) is 0 Å². The van der Waals surface area contributed by atoms with E-state index >= 15 is 0 Å². The molecule has 3 heteroatoms. The summed E-state index contributed by atoms with van der Waals surface area (Å²) in [7, 11) is 2.09. The lowest BCUT2D eigenvalue weighted by molar-refractivity contribution is 0.365. The predicted octanol–water partition coefficient (Wildman–Crippen LogP) is 4.13. The predicted molar refractivity (Wildman–Crippen MR) is 86.1 cm³/mol. The van der Waals surface area contributed by atoms with Gasteiger partial charge in [-0.25, -0.2) is 0 Å². The molecule has 0 aromatic heterocycles. The van der Waals surface area contributed by atoms with Crippen LogP contribution in [0.3, 0.4) is 0 Å². The minimum absolute atomic E-state index is 0.601. The van der Waals surface area contributed by atoms with E-state index in [9.17, 15) is 0 Å². The molecule has 2 nitrogen and oxygen atoms in total. The maximum atomic E-state index is 5.50. The Hall–Kier alpha value is -0.150. The van der Waals surface area contributed by atoms with Crippen molar-refractivity contribution in [3.8, 4) is 0 Å². The molecular weight excluding hydrogens is 240 g/mol. The Bertz CT molecular complexity index is 195. The van der Waals surface area contributed by atoms with Gasteiger partial charge in [0.05, 0.1) is 4.99 Å². The minimum atomic E-state index is 0.601. The number of hydrogen-bond acceptors (Lipinski definition) is 2. The van der Waals surface area contributed by atoms with E-state index in [4.69, 9.17) is 18.0 Å². The van der Waals surface area contributed by atoms with Crippen LogP contribution in [0.15, 0.2) is 0 Å². The second-order valence-electron chi connectivity index (χ2n) is 5.39. The second-order valence-corrected chi connectivity index (χ2v) is 5.91. The molecular formula is C15H32N2S. The second kappa shape index (κ2) is 13.3. The Kier molecular flexibility index (Phi) is 13.2. The summed E-state index contributed by atoms with van der Waals surface area (Å²) in [6, 6.07) is 0. The van der Waals surface area contributed by atoms with E-state index in [1.54, 1.807) is 0 Å². The summed E-state index contributed by atoms with van der Waals surface area (Å²) in [6.07, 6.45) is 13.9. The molecule has 0 saturated carbocycles. The van der Waals surface area contributed by atoms with E-state index in [-0.39, 0.29) is 0 Å². The smallest absolute Gasteiger partial charge is 0.0869 e. The molecule has 0 saturated heterocycles. The van der Waals surface area contributed by atoms with Gasteiger partial charge in [-0.2, -0.15) is 0 Å². The van der Waals surface area contributed by atoms with Crippen molar-refractivity contribution in [1.82, 2.24) is 4.90 Å². The van der Waals surface area contributed by atoms with Crippen LogP contribution >= 0.6 is 12.2 Å². The number of unbranched alkanes of at least 4 members (excludes halogenated alkanes) is 9. The molecule has 0 aliphatic carbocycles. The standard InChI is InChI=1S/C15H32N2S/c1-3-4-5-6-7-8-9-10-11-12-13-17(2)14-15(16)18/h3-14H2,1-2H3,(H2,16,18). The fraction of sp³-hybridized carbons (Fsp3) is 0.933. The molecule has 0 bridgehead atoms. The van der Waals surface area contributed by atoms with Crippen LogP contribution < -0.4 is 5.73 Å². The van der Waals surface area contributed by atoms with E-state index in [1.807, 2.05) is 0 Å². The first-order valence-corrected chi connectivity index (χ1v) is 8.04. The molecule has 0 aromatic rings. The van der Waals surface area contributed by atoms with Crippen LogP contribution in [-0.4, -0.2) is 30.0 Å². The van der Waals surface area contributed by atoms with Crippen molar-refractivity contribution in [2.75, 3.05) is 20.1 Å². The zero-order valence-corrected chi connectivity index (χ0v) is 13.2. The van der Waals surface area contributed by atoms with E-state index in [2.05, 4.69) is 18.9 Å². The van der Waals surface area contributed by atoms with Crippen molar-refractivity contribution in [3.63, 3.8) is 0 Å². The molecule has 108 valence electrons. The van der Waals surface area contributed by atoms with Crippen LogP contribution in [0.5, 0.6) is 0 Å². The lowest BCUT2D eigenvalue weighted by Crippen LogP contribution is -2.30. The molecule has 0 heterocycles. The van der Waals surface area contributed by atoms with Crippen molar-refractivity contribution < 1.29 is 0 Å². The summed E-state index contributed by atoms with van der Waals surface area (Å²) in [6.45, 7) is 4.15. The highest BCUT2D eigenvalue weighted by Gasteiger charge is 1.99. The third-order valence-electron chi connectivity index (χ3n) is 3.32. The van der Waals surface area contributed by atoms with E-state index in [1.165, 1.54) is 64.2 Å². The van der Waals surface area contributed by atoms with Crippen LogP contribution in [0.1, 0.15) is 71.1 Å². The average molecular weight is 273 g/mol. The molecule has 0 aliphatic heterocycles. The average Bonchev–Trinajstić information content (AvgIpc) is 2.30. The largest absolute Gasteiger partial charge is 0.392 e. The molecule has 0 rings (SSSR count). The fourth-order valence-corrected chi connectivity index (χ4v) is 2.43. The zero-order chi connectivity index (χ0) is 13.6. The highest BCUT2D eigenvalue weighted by molar-refractivity contribution is 7.80. The van der Waals surface area contributed by atoms with Gasteiger partial charge < -0.3 is 5.73 Å². The Morgan fingerprint density at radius 2 is 1.33 bits per heavy atom. The first-order chi connectivity index (χ1) is 8.66. The Labute approximate surface area is 119 Å². The topological polar surface area (TPSA) is 29.3 Å². The molecule has 2 N–H and O–H groups in total. The van der Waals surface area contributed by atoms with Gasteiger partial charge in [0.25, 0.3) is 0 Å². The van der Waals surface area contributed by atoms with Gasteiger partial charge in [-0.1, -0.05) is 76.9 Å². The zero-order valence-electron chi connectivity index (χ0n) is 12.4. The molecule has 0 fully saturated rings. The normalized spacial score (nSPS) is 11.1. The number of nitrogens with zero attached hydrogens (tertiary/aromatic N) is 1. The Morgan fingerprint density at radius 1 is 0.889 bits per heavy atom. The summed E-state index contributed by atoms with van der Waals surface area (Å²) in [5.41, 5.74) is 5.50. The number of hydrogen-bond donors (Lipinski definition) is 1. The van der Waals surface area contributed by atoms with Gasteiger partial charge in [-0.05, 0) is 20.0 Å².